The topological polar surface area (TPSA) is 68.5 Å². The normalized spacial score (nSPS) is 25.8. The van der Waals surface area contributed by atoms with Gasteiger partial charge < -0.3 is 5.32 Å². The first-order valence-electron chi connectivity index (χ1n) is 7.21. The van der Waals surface area contributed by atoms with Crippen LogP contribution in [0.25, 0.3) is 11.2 Å². The third kappa shape index (κ3) is 2.46. The number of nitrogens with one attached hydrogen (secondary N) is 1. The molecule has 0 bridgehead atoms. The van der Waals surface area contributed by atoms with E-state index in [4.69, 9.17) is 0 Å². The van der Waals surface area contributed by atoms with Crippen molar-refractivity contribution in [2.75, 3.05) is 5.32 Å². The van der Waals surface area contributed by atoms with Crippen molar-refractivity contribution >= 4 is 17.0 Å². The molecule has 0 spiro atoms. The summed E-state index contributed by atoms with van der Waals surface area (Å²) in [5, 5.41) is 11.7. The fourth-order valence-electron chi connectivity index (χ4n) is 3.61. The molecule has 6 nitrogen and oxygen atoms in total. The van der Waals surface area contributed by atoms with Crippen molar-refractivity contribution in [1.82, 2.24) is 25.0 Å². The summed E-state index contributed by atoms with van der Waals surface area (Å²) in [5.74, 6) is 1.54. The maximum absolute atomic E-state index is 4.35. The molecule has 2 heterocycles. The summed E-state index contributed by atoms with van der Waals surface area (Å²) >= 11 is 0. The van der Waals surface area contributed by atoms with E-state index >= 15 is 0 Å². The first kappa shape index (κ1) is 13.3. The summed E-state index contributed by atoms with van der Waals surface area (Å²) in [6.45, 7) is 7.01. The molecule has 2 atom stereocenters. The van der Waals surface area contributed by atoms with Crippen LogP contribution in [0.2, 0.25) is 0 Å². The van der Waals surface area contributed by atoms with Gasteiger partial charge in [0.15, 0.2) is 17.0 Å². The van der Waals surface area contributed by atoms with Crippen LogP contribution in [0.4, 0.5) is 5.82 Å². The van der Waals surface area contributed by atoms with Crippen molar-refractivity contribution in [3.8, 4) is 0 Å². The molecule has 0 aliphatic heterocycles. The number of fused-ring (bicyclic) bond motifs is 1. The van der Waals surface area contributed by atoms with E-state index in [9.17, 15) is 0 Å². The van der Waals surface area contributed by atoms with Crippen LogP contribution in [0.5, 0.6) is 0 Å². The minimum Gasteiger partial charge on any atom is -0.365 e. The molecule has 0 unspecified atom stereocenters. The van der Waals surface area contributed by atoms with Gasteiger partial charge in [0, 0.05) is 13.1 Å². The lowest BCUT2D eigenvalue weighted by Gasteiger charge is -2.39. The van der Waals surface area contributed by atoms with Gasteiger partial charge in [0.1, 0.15) is 6.33 Å². The lowest BCUT2D eigenvalue weighted by Crippen LogP contribution is -2.35. The van der Waals surface area contributed by atoms with Crippen LogP contribution < -0.4 is 5.32 Å². The Morgan fingerprint density at radius 1 is 1.30 bits per heavy atom. The zero-order valence-electron chi connectivity index (χ0n) is 12.6. The van der Waals surface area contributed by atoms with Crippen LogP contribution in [-0.2, 0) is 7.05 Å². The van der Waals surface area contributed by atoms with Crippen molar-refractivity contribution in [1.29, 1.82) is 0 Å². The standard InChI is InChI=1S/C14H22N6/c1-9-5-10(7-14(2,3)6-9)17-12-11-13(16-8-15-12)20(4)19-18-11/h8-10H,5-7H2,1-4H3,(H,15,16,17)/t9-,10+/m1/s1. The summed E-state index contributed by atoms with van der Waals surface area (Å²) in [6, 6.07) is 0.439. The highest BCUT2D eigenvalue weighted by molar-refractivity contribution is 5.81. The molecule has 1 N–H and O–H groups in total. The van der Waals surface area contributed by atoms with Crippen LogP contribution in [0.1, 0.15) is 40.0 Å². The Bertz CT molecular complexity index is 617. The highest BCUT2D eigenvalue weighted by Gasteiger charge is 2.32. The molecule has 1 saturated carbocycles. The SMILES string of the molecule is C[C@@H]1C[C@H](Nc2ncnc3c2nnn3C)CC(C)(C)C1. The quantitative estimate of drug-likeness (QED) is 0.910. The smallest absolute Gasteiger partial charge is 0.183 e. The van der Waals surface area contributed by atoms with Crippen LogP contribution in [0.3, 0.4) is 0 Å². The van der Waals surface area contributed by atoms with E-state index in [-0.39, 0.29) is 0 Å². The van der Waals surface area contributed by atoms with Crippen LogP contribution in [-0.4, -0.2) is 31.0 Å². The third-order valence-electron chi connectivity index (χ3n) is 4.12. The Hall–Kier alpha value is -1.72. The van der Waals surface area contributed by atoms with Gasteiger partial charge in [-0.1, -0.05) is 26.0 Å². The number of aryl methyl sites for hydroxylation is 1. The second-order valence-electron chi connectivity index (χ2n) is 6.86. The predicted molar refractivity (Wildman–Crippen MR) is 78.3 cm³/mol. The summed E-state index contributed by atoms with van der Waals surface area (Å²) in [7, 11) is 1.85. The van der Waals surface area contributed by atoms with Gasteiger partial charge in [-0.05, 0) is 30.6 Å². The van der Waals surface area contributed by atoms with Gasteiger partial charge in [-0.2, -0.15) is 0 Å². The minimum absolute atomic E-state index is 0.379. The van der Waals surface area contributed by atoms with Gasteiger partial charge in [0.2, 0.25) is 0 Å². The largest absolute Gasteiger partial charge is 0.365 e. The van der Waals surface area contributed by atoms with Gasteiger partial charge >= 0.3 is 0 Å². The first-order valence-corrected chi connectivity index (χ1v) is 7.21. The molecule has 1 aliphatic rings. The maximum Gasteiger partial charge on any atom is 0.183 e. The highest BCUT2D eigenvalue weighted by Crippen LogP contribution is 2.39. The van der Waals surface area contributed by atoms with Crippen molar-refractivity contribution in [3.63, 3.8) is 0 Å². The van der Waals surface area contributed by atoms with E-state index in [2.05, 4.69) is 46.4 Å². The van der Waals surface area contributed by atoms with Gasteiger partial charge in [-0.3, -0.25) is 0 Å². The van der Waals surface area contributed by atoms with Gasteiger partial charge in [0.25, 0.3) is 0 Å². The van der Waals surface area contributed by atoms with Crippen molar-refractivity contribution in [2.24, 2.45) is 18.4 Å². The Balaban J connectivity index is 1.86. The number of hydrogen-bond donors (Lipinski definition) is 1. The molecule has 20 heavy (non-hydrogen) atoms. The van der Waals surface area contributed by atoms with E-state index < -0.39 is 0 Å². The molecule has 2 aromatic rings. The van der Waals surface area contributed by atoms with Crippen LogP contribution in [0, 0.1) is 11.3 Å². The average Bonchev–Trinajstić information content (AvgIpc) is 2.70. The van der Waals surface area contributed by atoms with Gasteiger partial charge in [0.05, 0.1) is 0 Å². The summed E-state index contributed by atoms with van der Waals surface area (Å²) in [6.07, 6.45) is 5.19. The Morgan fingerprint density at radius 2 is 2.10 bits per heavy atom. The van der Waals surface area contributed by atoms with E-state index in [1.54, 1.807) is 11.0 Å². The average molecular weight is 274 g/mol. The van der Waals surface area contributed by atoms with E-state index in [1.165, 1.54) is 12.8 Å². The Morgan fingerprint density at radius 3 is 2.85 bits per heavy atom. The lowest BCUT2D eigenvalue weighted by molar-refractivity contribution is 0.178. The molecule has 108 valence electrons. The van der Waals surface area contributed by atoms with Gasteiger partial charge in [-0.25, -0.2) is 14.6 Å². The molecular weight excluding hydrogens is 252 g/mol. The Kier molecular flexibility index (Phi) is 3.11. The highest BCUT2D eigenvalue weighted by atomic mass is 15.4. The molecule has 6 heteroatoms. The molecule has 0 amide bonds. The second-order valence-corrected chi connectivity index (χ2v) is 6.86. The summed E-state index contributed by atoms with van der Waals surface area (Å²) in [4.78, 5) is 8.57. The van der Waals surface area contributed by atoms with Crippen molar-refractivity contribution in [3.05, 3.63) is 6.33 Å². The maximum atomic E-state index is 4.35. The molecule has 1 aliphatic carbocycles. The van der Waals surface area contributed by atoms with E-state index in [0.29, 0.717) is 11.5 Å². The predicted octanol–water partition coefficient (Wildman–Crippen LogP) is 2.39. The van der Waals surface area contributed by atoms with E-state index in [1.807, 2.05) is 7.05 Å². The monoisotopic (exact) mass is 274 g/mol. The molecular formula is C14H22N6. The second kappa shape index (κ2) is 4.68. The molecule has 2 aromatic heterocycles. The van der Waals surface area contributed by atoms with Crippen molar-refractivity contribution < 1.29 is 0 Å². The fraction of sp³-hybridized carbons (Fsp3) is 0.714. The first-order chi connectivity index (χ1) is 9.44. The third-order valence-corrected chi connectivity index (χ3v) is 4.12. The molecule has 1 fully saturated rings. The molecule has 3 rings (SSSR count). The molecule has 0 aromatic carbocycles. The Labute approximate surface area is 119 Å². The van der Waals surface area contributed by atoms with Crippen LogP contribution >= 0.6 is 0 Å². The molecule has 0 radical (unpaired) electrons. The van der Waals surface area contributed by atoms with Crippen LogP contribution in [0.15, 0.2) is 6.33 Å². The zero-order chi connectivity index (χ0) is 14.3. The number of aromatic nitrogens is 5. The number of hydrogen-bond acceptors (Lipinski definition) is 5. The summed E-state index contributed by atoms with van der Waals surface area (Å²) < 4.78 is 1.68. The van der Waals surface area contributed by atoms with Gasteiger partial charge in [-0.15, -0.1) is 5.10 Å². The minimum atomic E-state index is 0.379. The summed E-state index contributed by atoms with van der Waals surface area (Å²) in [5.41, 5.74) is 1.90. The number of rotatable bonds is 2. The zero-order valence-corrected chi connectivity index (χ0v) is 12.6. The molecule has 0 saturated heterocycles. The lowest BCUT2D eigenvalue weighted by atomic mass is 9.70. The van der Waals surface area contributed by atoms with Crippen molar-refractivity contribution in [2.45, 2.75) is 46.1 Å². The fourth-order valence-corrected chi connectivity index (χ4v) is 3.61. The number of anilines is 1. The van der Waals surface area contributed by atoms with E-state index in [0.717, 1.165) is 29.3 Å². The number of nitrogens with zero attached hydrogens (tertiary/aromatic N) is 5.